The molecular formula is C19H24N2O7S. The van der Waals surface area contributed by atoms with Gasteiger partial charge in [-0.25, -0.2) is 8.42 Å². The molecule has 158 valence electrons. The molecule has 0 saturated heterocycles. The van der Waals surface area contributed by atoms with Crippen LogP contribution in [-0.2, 0) is 21.4 Å². The maximum Gasteiger partial charge on any atom is 0.261 e. The number of hydrogen-bond acceptors (Lipinski definition) is 7. The lowest BCUT2D eigenvalue weighted by Crippen LogP contribution is -2.16. The summed E-state index contributed by atoms with van der Waals surface area (Å²) in [5.74, 6) is 0.605. The van der Waals surface area contributed by atoms with Crippen molar-refractivity contribution in [1.82, 2.24) is 0 Å². The molecule has 0 aromatic heterocycles. The number of nitrogens with one attached hydrogen (secondary N) is 2. The van der Waals surface area contributed by atoms with Crippen molar-refractivity contribution in [2.24, 2.45) is 0 Å². The molecule has 0 unspecified atom stereocenters. The highest BCUT2D eigenvalue weighted by Gasteiger charge is 2.20. The molecule has 29 heavy (non-hydrogen) atoms. The number of hydrogen-bond donors (Lipinski definition) is 3. The van der Waals surface area contributed by atoms with E-state index in [9.17, 15) is 18.3 Å². The summed E-state index contributed by atoms with van der Waals surface area (Å²) in [6.07, 6.45) is 0.214. The molecule has 0 spiro atoms. The quantitative estimate of drug-likeness (QED) is 0.565. The van der Waals surface area contributed by atoms with Gasteiger partial charge in [0, 0.05) is 29.8 Å². The van der Waals surface area contributed by atoms with Crippen LogP contribution in [0.4, 0.5) is 11.4 Å². The highest BCUT2D eigenvalue weighted by molar-refractivity contribution is 7.92. The highest BCUT2D eigenvalue weighted by atomic mass is 32.2. The van der Waals surface area contributed by atoms with Crippen LogP contribution in [0.15, 0.2) is 35.2 Å². The Morgan fingerprint density at radius 1 is 1.03 bits per heavy atom. The normalized spacial score (nSPS) is 10.9. The number of sulfonamides is 1. The standard InChI is InChI=1S/C19H24N2O7S/c1-5-18(23)20-15-10-14(7-6-12(15)11-22)29(24,25)21-13-8-16(26-2)19(28-4)17(9-13)27-3/h6-10,21-22H,5,11H2,1-4H3,(H,20,23). The summed E-state index contributed by atoms with van der Waals surface area (Å²) in [4.78, 5) is 11.6. The number of ether oxygens (including phenoxy) is 3. The van der Waals surface area contributed by atoms with Crippen LogP contribution in [-0.4, -0.2) is 40.8 Å². The van der Waals surface area contributed by atoms with Crippen LogP contribution in [0.3, 0.4) is 0 Å². The first-order valence-corrected chi connectivity index (χ1v) is 10.1. The van der Waals surface area contributed by atoms with Crippen LogP contribution in [0.5, 0.6) is 17.2 Å². The summed E-state index contributed by atoms with van der Waals surface area (Å²) in [5.41, 5.74) is 0.829. The van der Waals surface area contributed by atoms with Gasteiger partial charge in [0.1, 0.15) is 0 Å². The zero-order valence-corrected chi connectivity index (χ0v) is 17.4. The second-order valence-corrected chi connectivity index (χ2v) is 7.58. The number of anilines is 2. The number of carbonyl (C=O) groups is 1. The lowest BCUT2D eigenvalue weighted by atomic mass is 10.2. The lowest BCUT2D eigenvalue weighted by Gasteiger charge is -2.16. The minimum Gasteiger partial charge on any atom is -0.493 e. The molecule has 3 N–H and O–H groups in total. The molecule has 0 aliphatic rings. The largest absolute Gasteiger partial charge is 0.493 e. The third-order valence-corrected chi connectivity index (χ3v) is 5.45. The van der Waals surface area contributed by atoms with Gasteiger partial charge in [-0.1, -0.05) is 13.0 Å². The zero-order valence-electron chi connectivity index (χ0n) is 16.6. The summed E-state index contributed by atoms with van der Waals surface area (Å²) in [6.45, 7) is 1.32. The van der Waals surface area contributed by atoms with E-state index in [-0.39, 0.29) is 46.7 Å². The molecule has 1 amide bonds. The van der Waals surface area contributed by atoms with Crippen molar-refractivity contribution in [3.63, 3.8) is 0 Å². The molecule has 0 radical (unpaired) electrons. The summed E-state index contributed by atoms with van der Waals surface area (Å²) < 4.78 is 43.9. The molecule has 10 heteroatoms. The van der Waals surface area contributed by atoms with Gasteiger partial charge in [0.05, 0.1) is 38.5 Å². The molecule has 0 bridgehead atoms. The van der Waals surface area contributed by atoms with E-state index in [2.05, 4.69) is 10.0 Å². The summed E-state index contributed by atoms with van der Waals surface area (Å²) in [5, 5.41) is 12.0. The van der Waals surface area contributed by atoms with Gasteiger partial charge in [-0.3, -0.25) is 9.52 Å². The Labute approximate surface area is 169 Å². The maximum absolute atomic E-state index is 12.9. The van der Waals surface area contributed by atoms with E-state index in [4.69, 9.17) is 14.2 Å². The van der Waals surface area contributed by atoms with Crippen LogP contribution in [0.25, 0.3) is 0 Å². The van der Waals surface area contributed by atoms with Crippen LogP contribution < -0.4 is 24.2 Å². The fourth-order valence-electron chi connectivity index (χ4n) is 2.57. The Hall–Kier alpha value is -2.98. The van der Waals surface area contributed by atoms with Crippen LogP contribution in [0.1, 0.15) is 18.9 Å². The summed E-state index contributed by atoms with van der Waals surface area (Å²) >= 11 is 0. The third-order valence-electron chi connectivity index (χ3n) is 4.07. The predicted octanol–water partition coefficient (Wildman–Crippen LogP) is 2.35. The molecule has 2 aromatic rings. The van der Waals surface area contributed by atoms with Crippen molar-refractivity contribution < 1.29 is 32.5 Å². The minimum atomic E-state index is -4.01. The molecule has 9 nitrogen and oxygen atoms in total. The molecule has 0 heterocycles. The predicted molar refractivity (Wildman–Crippen MR) is 108 cm³/mol. The first-order valence-electron chi connectivity index (χ1n) is 8.66. The van der Waals surface area contributed by atoms with Gasteiger partial charge >= 0.3 is 0 Å². The van der Waals surface area contributed by atoms with Crippen molar-refractivity contribution in [1.29, 1.82) is 0 Å². The van der Waals surface area contributed by atoms with E-state index < -0.39 is 10.0 Å². The molecule has 0 fully saturated rings. The van der Waals surface area contributed by atoms with Gasteiger partial charge < -0.3 is 24.6 Å². The van der Waals surface area contributed by atoms with Gasteiger partial charge in [0.2, 0.25) is 11.7 Å². The smallest absolute Gasteiger partial charge is 0.261 e. The van der Waals surface area contributed by atoms with Gasteiger partial charge in [-0.2, -0.15) is 0 Å². The molecule has 2 aromatic carbocycles. The molecule has 0 saturated carbocycles. The van der Waals surface area contributed by atoms with E-state index >= 15 is 0 Å². The number of amides is 1. The second kappa shape index (κ2) is 9.48. The molecule has 0 atom stereocenters. The molecule has 0 aliphatic heterocycles. The molecule has 2 rings (SSSR count). The fraction of sp³-hybridized carbons (Fsp3) is 0.316. The average molecular weight is 424 g/mol. The van der Waals surface area contributed by atoms with E-state index in [1.165, 1.54) is 51.7 Å². The Balaban J connectivity index is 2.43. The Morgan fingerprint density at radius 3 is 2.14 bits per heavy atom. The van der Waals surface area contributed by atoms with Crippen molar-refractivity contribution in [2.75, 3.05) is 31.4 Å². The number of methoxy groups -OCH3 is 3. The van der Waals surface area contributed by atoms with Crippen molar-refractivity contribution in [2.45, 2.75) is 24.8 Å². The third kappa shape index (κ3) is 5.09. The number of aliphatic hydroxyl groups is 1. The number of carbonyl (C=O) groups excluding carboxylic acids is 1. The average Bonchev–Trinajstić information content (AvgIpc) is 2.72. The van der Waals surface area contributed by atoms with E-state index in [1.54, 1.807) is 6.92 Å². The van der Waals surface area contributed by atoms with Gasteiger partial charge in [0.15, 0.2) is 11.5 Å². The molecule has 0 aliphatic carbocycles. The highest BCUT2D eigenvalue weighted by Crippen LogP contribution is 2.40. The first-order chi connectivity index (χ1) is 13.8. The fourth-order valence-corrected chi connectivity index (χ4v) is 3.64. The monoisotopic (exact) mass is 424 g/mol. The summed E-state index contributed by atoms with van der Waals surface area (Å²) in [6, 6.07) is 6.99. The van der Waals surface area contributed by atoms with Crippen LogP contribution in [0.2, 0.25) is 0 Å². The number of benzene rings is 2. The Bertz CT molecular complexity index is 965. The van der Waals surface area contributed by atoms with E-state index in [0.717, 1.165) is 0 Å². The second-order valence-electron chi connectivity index (χ2n) is 5.90. The Morgan fingerprint density at radius 2 is 1.66 bits per heavy atom. The van der Waals surface area contributed by atoms with Crippen LogP contribution in [0, 0.1) is 0 Å². The van der Waals surface area contributed by atoms with Gasteiger partial charge in [0.25, 0.3) is 10.0 Å². The van der Waals surface area contributed by atoms with Gasteiger partial charge in [-0.15, -0.1) is 0 Å². The Kier molecular flexibility index (Phi) is 7.29. The first kappa shape index (κ1) is 22.3. The SMILES string of the molecule is CCC(=O)Nc1cc(S(=O)(=O)Nc2cc(OC)c(OC)c(OC)c2)ccc1CO. The molecular weight excluding hydrogens is 400 g/mol. The lowest BCUT2D eigenvalue weighted by molar-refractivity contribution is -0.115. The van der Waals surface area contributed by atoms with Crippen molar-refractivity contribution in [3.05, 3.63) is 35.9 Å². The topological polar surface area (TPSA) is 123 Å². The number of aliphatic hydroxyl groups excluding tert-OH is 1. The van der Waals surface area contributed by atoms with Crippen molar-refractivity contribution in [3.8, 4) is 17.2 Å². The summed E-state index contributed by atoms with van der Waals surface area (Å²) in [7, 11) is 0.281. The van der Waals surface area contributed by atoms with Crippen molar-refractivity contribution >= 4 is 27.3 Å². The minimum absolute atomic E-state index is 0.0881. The van der Waals surface area contributed by atoms with Gasteiger partial charge in [-0.05, 0) is 12.1 Å². The van der Waals surface area contributed by atoms with Crippen LogP contribution >= 0.6 is 0 Å². The van der Waals surface area contributed by atoms with E-state index in [0.29, 0.717) is 11.3 Å². The van der Waals surface area contributed by atoms with E-state index in [1.807, 2.05) is 0 Å². The zero-order chi connectivity index (χ0) is 21.6. The number of rotatable bonds is 9. The maximum atomic E-state index is 12.9.